The molecule has 2 amide bonds. The highest BCUT2D eigenvalue weighted by Crippen LogP contribution is 2.30. The van der Waals surface area contributed by atoms with Gasteiger partial charge in [0.1, 0.15) is 11.3 Å². The summed E-state index contributed by atoms with van der Waals surface area (Å²) in [4.78, 5) is 33.4. The first kappa shape index (κ1) is 25.0. The van der Waals surface area contributed by atoms with Gasteiger partial charge in [-0.1, -0.05) is 6.07 Å². The molecule has 0 radical (unpaired) electrons. The van der Waals surface area contributed by atoms with Gasteiger partial charge in [-0.05, 0) is 68.0 Å². The summed E-state index contributed by atoms with van der Waals surface area (Å²) in [5, 5.41) is 0. The number of halogens is 4. The Labute approximate surface area is 207 Å². The predicted molar refractivity (Wildman–Crippen MR) is 126 cm³/mol. The van der Waals surface area contributed by atoms with E-state index in [9.17, 15) is 22.8 Å². The number of benzene rings is 1. The van der Waals surface area contributed by atoms with E-state index >= 15 is 0 Å². The Morgan fingerprint density at radius 2 is 1.77 bits per heavy atom. The summed E-state index contributed by atoms with van der Waals surface area (Å²) in [6.45, 7) is 2.42. The first-order valence-electron chi connectivity index (χ1n) is 11.5. The van der Waals surface area contributed by atoms with Crippen LogP contribution in [0, 0.1) is 5.92 Å². The molecule has 1 aromatic carbocycles. The molecule has 0 bridgehead atoms. The molecule has 0 spiro atoms. The van der Waals surface area contributed by atoms with Gasteiger partial charge in [0.05, 0.1) is 18.3 Å². The van der Waals surface area contributed by atoms with Gasteiger partial charge >= 0.3 is 6.18 Å². The minimum atomic E-state index is -4.41. The maximum atomic E-state index is 12.8. The molecule has 2 aromatic heterocycles. The van der Waals surface area contributed by atoms with Gasteiger partial charge < -0.3 is 9.80 Å². The van der Waals surface area contributed by atoms with Crippen LogP contribution in [-0.2, 0) is 12.7 Å². The number of nitrogens with zero attached hydrogens (tertiary/aromatic N) is 4. The highest BCUT2D eigenvalue weighted by molar-refractivity contribution is 5.95. The Balaban J connectivity index is 0.00000289. The van der Waals surface area contributed by atoms with Gasteiger partial charge in [0.25, 0.3) is 11.8 Å². The Morgan fingerprint density at radius 1 is 1.06 bits per heavy atom. The van der Waals surface area contributed by atoms with E-state index < -0.39 is 11.7 Å². The molecule has 2 aliphatic rings. The Hall–Kier alpha value is -3.07. The predicted octanol–water partition coefficient (Wildman–Crippen LogP) is 5.06. The molecule has 35 heavy (non-hydrogen) atoms. The van der Waals surface area contributed by atoms with Crippen molar-refractivity contribution in [1.29, 1.82) is 0 Å². The van der Waals surface area contributed by atoms with Crippen molar-refractivity contribution in [3.8, 4) is 0 Å². The highest BCUT2D eigenvalue weighted by Gasteiger charge is 2.31. The van der Waals surface area contributed by atoms with Gasteiger partial charge in [-0.2, -0.15) is 13.2 Å². The molecule has 0 atom stereocenters. The zero-order chi connectivity index (χ0) is 23.9. The van der Waals surface area contributed by atoms with E-state index in [1.165, 1.54) is 12.1 Å². The summed E-state index contributed by atoms with van der Waals surface area (Å²) >= 11 is 0. The van der Waals surface area contributed by atoms with E-state index in [-0.39, 0.29) is 29.8 Å². The summed E-state index contributed by atoms with van der Waals surface area (Å²) in [7, 11) is 0. The van der Waals surface area contributed by atoms with Crippen LogP contribution in [0.25, 0.3) is 5.65 Å². The van der Waals surface area contributed by atoms with Gasteiger partial charge in [-0.15, -0.1) is 12.4 Å². The Morgan fingerprint density at radius 3 is 2.46 bits per heavy atom. The number of rotatable bonds is 5. The van der Waals surface area contributed by atoms with Gasteiger partial charge in [-0.3, -0.25) is 14.0 Å². The molecule has 0 aliphatic carbocycles. The van der Waals surface area contributed by atoms with Crippen molar-refractivity contribution in [1.82, 2.24) is 19.2 Å². The van der Waals surface area contributed by atoms with Crippen LogP contribution in [0.4, 0.5) is 13.2 Å². The van der Waals surface area contributed by atoms with Crippen LogP contribution in [0.5, 0.6) is 0 Å². The Bertz CT molecular complexity index is 1220. The third-order valence-corrected chi connectivity index (χ3v) is 6.87. The zero-order valence-corrected chi connectivity index (χ0v) is 19.8. The third kappa shape index (κ3) is 5.00. The average Bonchev–Trinajstić information content (AvgIpc) is 3.27. The van der Waals surface area contributed by atoms with Crippen molar-refractivity contribution >= 4 is 29.9 Å². The molecule has 0 N–H and O–H groups in total. The number of imidazole rings is 1. The van der Waals surface area contributed by atoms with Gasteiger partial charge in [0, 0.05) is 30.9 Å². The van der Waals surface area contributed by atoms with E-state index in [1.54, 1.807) is 11.1 Å². The largest absolute Gasteiger partial charge is 0.416 e. The van der Waals surface area contributed by atoms with Crippen molar-refractivity contribution in [3.63, 3.8) is 0 Å². The minimum absolute atomic E-state index is 0. The van der Waals surface area contributed by atoms with E-state index in [0.29, 0.717) is 37.8 Å². The molecule has 4 heterocycles. The number of carbonyl (C=O) groups excluding carboxylic acids is 2. The molecular weight excluding hydrogens is 481 g/mol. The standard InChI is InChI=1S/C25H25F3N4O2.ClH/c26-25(27,28)19-8-6-18(7-9-19)23(33)30-13-10-17(11-14-30)3-2-12-31-16-20-4-1-5-22-29-15-21(24(31)34)32(20)22;/h1,4-9,15,17H,2-3,10-14,16H2;1H. The van der Waals surface area contributed by atoms with Crippen LogP contribution in [0.1, 0.15) is 57.8 Å². The SMILES string of the molecule is Cl.O=C(c1ccc(C(F)(F)F)cc1)N1CCC(CCCN2Cc3cccc4ncc(n34)C2=O)CC1. The first-order valence-corrected chi connectivity index (χ1v) is 11.5. The number of hydrogen-bond acceptors (Lipinski definition) is 3. The van der Waals surface area contributed by atoms with Crippen LogP contribution in [-0.4, -0.2) is 50.6 Å². The fourth-order valence-corrected chi connectivity index (χ4v) is 4.97. The van der Waals surface area contributed by atoms with Crippen molar-refractivity contribution in [3.05, 3.63) is 71.2 Å². The lowest BCUT2D eigenvalue weighted by Crippen LogP contribution is -2.39. The number of alkyl halides is 3. The van der Waals surface area contributed by atoms with Crippen LogP contribution in [0.2, 0.25) is 0 Å². The number of carbonyl (C=O) groups is 2. The molecule has 10 heteroatoms. The molecule has 1 fully saturated rings. The van der Waals surface area contributed by atoms with Crippen LogP contribution in [0.15, 0.2) is 48.7 Å². The zero-order valence-electron chi connectivity index (χ0n) is 19.0. The number of likely N-dealkylation sites (tertiary alicyclic amines) is 1. The van der Waals surface area contributed by atoms with E-state index in [4.69, 9.17) is 0 Å². The molecule has 0 unspecified atom stereocenters. The second kappa shape index (κ2) is 9.89. The number of piperidine rings is 1. The lowest BCUT2D eigenvalue weighted by Gasteiger charge is -2.33. The summed E-state index contributed by atoms with van der Waals surface area (Å²) in [5.74, 6) is 0.241. The van der Waals surface area contributed by atoms with Crippen molar-refractivity contribution in [2.45, 2.75) is 38.4 Å². The van der Waals surface area contributed by atoms with Crippen LogP contribution in [0.3, 0.4) is 0 Å². The van der Waals surface area contributed by atoms with E-state index in [2.05, 4.69) is 4.98 Å². The number of hydrogen-bond donors (Lipinski definition) is 0. The minimum Gasteiger partial charge on any atom is -0.339 e. The normalized spacial score (nSPS) is 16.5. The molecular formula is C25H26ClF3N4O2. The lowest BCUT2D eigenvalue weighted by molar-refractivity contribution is -0.137. The van der Waals surface area contributed by atoms with Crippen molar-refractivity contribution in [2.24, 2.45) is 5.92 Å². The van der Waals surface area contributed by atoms with Crippen molar-refractivity contribution in [2.75, 3.05) is 19.6 Å². The van der Waals surface area contributed by atoms with Gasteiger partial charge in [0.15, 0.2) is 0 Å². The smallest absolute Gasteiger partial charge is 0.339 e. The number of amides is 2. The van der Waals surface area contributed by atoms with Crippen LogP contribution >= 0.6 is 12.4 Å². The molecule has 5 rings (SSSR count). The second-order valence-electron chi connectivity index (χ2n) is 9.03. The number of aromatic nitrogens is 2. The quantitative estimate of drug-likeness (QED) is 0.486. The fraction of sp³-hybridized carbons (Fsp3) is 0.400. The Kier molecular flexibility index (Phi) is 7.07. The molecule has 3 aromatic rings. The second-order valence-corrected chi connectivity index (χ2v) is 9.03. The van der Waals surface area contributed by atoms with Crippen LogP contribution < -0.4 is 0 Å². The maximum absolute atomic E-state index is 12.8. The lowest BCUT2D eigenvalue weighted by atomic mass is 9.91. The van der Waals surface area contributed by atoms with Crippen molar-refractivity contribution < 1.29 is 22.8 Å². The molecule has 6 nitrogen and oxygen atoms in total. The first-order chi connectivity index (χ1) is 16.3. The number of pyridine rings is 1. The fourth-order valence-electron chi connectivity index (χ4n) is 4.97. The summed E-state index contributed by atoms with van der Waals surface area (Å²) in [5.41, 5.74) is 1.98. The summed E-state index contributed by atoms with van der Waals surface area (Å²) in [6, 6.07) is 10.3. The highest BCUT2D eigenvalue weighted by atomic mass is 35.5. The summed E-state index contributed by atoms with van der Waals surface area (Å²) in [6.07, 6.45) is 0.783. The third-order valence-electron chi connectivity index (χ3n) is 6.87. The molecule has 2 aliphatic heterocycles. The summed E-state index contributed by atoms with van der Waals surface area (Å²) < 4.78 is 40.1. The monoisotopic (exact) mass is 506 g/mol. The molecule has 186 valence electrons. The maximum Gasteiger partial charge on any atom is 0.416 e. The van der Waals surface area contributed by atoms with Gasteiger partial charge in [-0.25, -0.2) is 4.98 Å². The van der Waals surface area contributed by atoms with Gasteiger partial charge in [0.2, 0.25) is 0 Å². The molecule has 0 saturated carbocycles. The topological polar surface area (TPSA) is 57.9 Å². The van der Waals surface area contributed by atoms with E-state index in [1.807, 2.05) is 27.5 Å². The van der Waals surface area contributed by atoms with E-state index in [0.717, 1.165) is 49.2 Å². The molecule has 1 saturated heterocycles. The average molecular weight is 507 g/mol.